The van der Waals surface area contributed by atoms with E-state index in [1.54, 1.807) is 12.1 Å². The second kappa shape index (κ2) is 5.57. The zero-order chi connectivity index (χ0) is 16.8. The quantitative estimate of drug-likeness (QED) is 0.716. The van der Waals surface area contributed by atoms with Crippen molar-refractivity contribution in [1.82, 2.24) is 0 Å². The second-order valence-corrected chi connectivity index (χ2v) is 7.92. The van der Waals surface area contributed by atoms with Crippen molar-refractivity contribution in [1.29, 1.82) is 0 Å². The molecule has 1 aliphatic rings. The average Bonchev–Trinajstić information content (AvgIpc) is 2.72. The van der Waals surface area contributed by atoms with Gasteiger partial charge >= 0.3 is 0 Å². The standard InChI is InChI=1S/C18H22N2O2S/c1-3-5-11-7-8-16-13(9-11)14-10-15(19)17(20)12(6-4-2)18(14)23(16,21)22/h7-10H,3-6,19-20H2,1-2H3. The Kier molecular flexibility index (Phi) is 3.84. The number of sulfone groups is 1. The van der Waals surface area contributed by atoms with Crippen molar-refractivity contribution in [3.63, 3.8) is 0 Å². The molecular weight excluding hydrogens is 308 g/mol. The average molecular weight is 330 g/mol. The summed E-state index contributed by atoms with van der Waals surface area (Å²) >= 11 is 0. The van der Waals surface area contributed by atoms with Gasteiger partial charge in [-0.3, -0.25) is 0 Å². The third kappa shape index (κ3) is 2.30. The molecule has 23 heavy (non-hydrogen) atoms. The van der Waals surface area contributed by atoms with Crippen molar-refractivity contribution in [2.24, 2.45) is 0 Å². The molecule has 0 radical (unpaired) electrons. The van der Waals surface area contributed by atoms with Crippen LogP contribution in [0.1, 0.15) is 37.8 Å². The van der Waals surface area contributed by atoms with Gasteiger partial charge in [-0.1, -0.05) is 32.8 Å². The molecular formula is C18H22N2O2S. The molecule has 0 aliphatic carbocycles. The maximum Gasteiger partial charge on any atom is 0.208 e. The largest absolute Gasteiger partial charge is 0.397 e. The highest BCUT2D eigenvalue weighted by atomic mass is 32.2. The van der Waals surface area contributed by atoms with Gasteiger partial charge in [-0.25, -0.2) is 8.42 Å². The third-order valence-electron chi connectivity index (χ3n) is 4.39. The molecule has 0 saturated carbocycles. The summed E-state index contributed by atoms with van der Waals surface area (Å²) in [7, 11) is -3.52. The maximum absolute atomic E-state index is 13.0. The Balaban J connectivity index is 2.35. The Morgan fingerprint density at radius 3 is 2.30 bits per heavy atom. The Labute approximate surface area is 137 Å². The maximum atomic E-state index is 13.0. The normalized spacial score (nSPS) is 14.5. The number of rotatable bonds is 4. The number of hydrogen-bond donors (Lipinski definition) is 2. The van der Waals surface area contributed by atoms with E-state index in [4.69, 9.17) is 11.5 Å². The zero-order valence-electron chi connectivity index (χ0n) is 13.5. The Hall–Kier alpha value is -2.01. The molecule has 122 valence electrons. The SMILES string of the molecule is CCCc1ccc2c(c1)-c1cc(N)c(N)c(CCC)c1S2(=O)=O. The smallest absolute Gasteiger partial charge is 0.208 e. The molecule has 0 bridgehead atoms. The summed E-state index contributed by atoms with van der Waals surface area (Å²) in [5.74, 6) is 0. The van der Waals surface area contributed by atoms with Crippen LogP contribution < -0.4 is 11.5 Å². The van der Waals surface area contributed by atoms with Crippen LogP contribution in [0, 0.1) is 0 Å². The van der Waals surface area contributed by atoms with E-state index >= 15 is 0 Å². The van der Waals surface area contributed by atoms with E-state index in [-0.39, 0.29) is 0 Å². The van der Waals surface area contributed by atoms with Crippen LogP contribution in [0.2, 0.25) is 0 Å². The third-order valence-corrected chi connectivity index (χ3v) is 6.32. The summed E-state index contributed by atoms with van der Waals surface area (Å²) in [6, 6.07) is 7.31. The van der Waals surface area contributed by atoms with Crippen LogP contribution in [0.3, 0.4) is 0 Å². The Morgan fingerprint density at radius 2 is 1.65 bits per heavy atom. The van der Waals surface area contributed by atoms with Gasteiger partial charge in [0.2, 0.25) is 9.84 Å². The molecule has 1 aliphatic heterocycles. The van der Waals surface area contributed by atoms with Crippen LogP contribution in [-0.2, 0) is 22.7 Å². The first kappa shape index (κ1) is 15.9. The van der Waals surface area contributed by atoms with Gasteiger partial charge in [-0.05, 0) is 42.2 Å². The number of nitrogens with two attached hydrogens (primary N) is 2. The molecule has 1 heterocycles. The first-order chi connectivity index (χ1) is 10.9. The number of nitrogen functional groups attached to an aromatic ring is 2. The number of aryl methyl sites for hydroxylation is 1. The summed E-state index contributed by atoms with van der Waals surface area (Å²) in [4.78, 5) is 0.726. The lowest BCUT2D eigenvalue weighted by Gasteiger charge is -2.13. The molecule has 2 aromatic carbocycles. The predicted molar refractivity (Wildman–Crippen MR) is 94.1 cm³/mol. The molecule has 0 spiro atoms. The molecule has 4 N–H and O–H groups in total. The number of benzene rings is 2. The van der Waals surface area contributed by atoms with E-state index in [1.165, 1.54) is 0 Å². The molecule has 5 heteroatoms. The van der Waals surface area contributed by atoms with Crippen LogP contribution in [0.15, 0.2) is 34.1 Å². The summed E-state index contributed by atoms with van der Waals surface area (Å²) in [6.45, 7) is 4.11. The van der Waals surface area contributed by atoms with Gasteiger partial charge in [0.1, 0.15) is 0 Å². The fourth-order valence-electron chi connectivity index (χ4n) is 3.34. The van der Waals surface area contributed by atoms with Gasteiger partial charge in [0.25, 0.3) is 0 Å². The van der Waals surface area contributed by atoms with Gasteiger partial charge in [-0.15, -0.1) is 0 Å². The fraction of sp³-hybridized carbons (Fsp3) is 0.333. The molecule has 2 aromatic rings. The van der Waals surface area contributed by atoms with Gasteiger partial charge in [0.15, 0.2) is 0 Å². The van der Waals surface area contributed by atoms with E-state index < -0.39 is 9.84 Å². The van der Waals surface area contributed by atoms with Crippen molar-refractivity contribution >= 4 is 21.2 Å². The molecule has 0 amide bonds. The minimum Gasteiger partial charge on any atom is -0.397 e. The lowest BCUT2D eigenvalue weighted by atomic mass is 9.96. The highest BCUT2D eigenvalue weighted by Crippen LogP contribution is 2.48. The Bertz CT molecular complexity index is 886. The molecule has 0 fully saturated rings. The number of anilines is 2. The van der Waals surface area contributed by atoms with E-state index in [9.17, 15) is 8.42 Å². The molecule has 0 aromatic heterocycles. The predicted octanol–water partition coefficient (Wildman–Crippen LogP) is 3.57. The summed E-state index contributed by atoms with van der Waals surface area (Å²) in [5.41, 5.74) is 16.3. The van der Waals surface area contributed by atoms with E-state index in [2.05, 4.69) is 6.92 Å². The van der Waals surface area contributed by atoms with Crippen molar-refractivity contribution in [3.8, 4) is 11.1 Å². The zero-order valence-corrected chi connectivity index (χ0v) is 14.3. The lowest BCUT2D eigenvalue weighted by molar-refractivity contribution is 0.597. The van der Waals surface area contributed by atoms with E-state index in [0.717, 1.165) is 30.4 Å². The lowest BCUT2D eigenvalue weighted by Crippen LogP contribution is -2.07. The second-order valence-electron chi connectivity index (χ2n) is 6.07. The monoisotopic (exact) mass is 330 g/mol. The van der Waals surface area contributed by atoms with Crippen molar-refractivity contribution in [2.45, 2.75) is 49.3 Å². The van der Waals surface area contributed by atoms with Crippen molar-refractivity contribution < 1.29 is 8.42 Å². The Morgan fingerprint density at radius 1 is 0.957 bits per heavy atom. The minimum atomic E-state index is -3.52. The van der Waals surface area contributed by atoms with Gasteiger partial charge in [0, 0.05) is 11.1 Å². The summed E-state index contributed by atoms with van der Waals surface area (Å²) < 4.78 is 26.0. The summed E-state index contributed by atoms with van der Waals surface area (Å²) in [6.07, 6.45) is 3.36. The highest BCUT2D eigenvalue weighted by molar-refractivity contribution is 7.92. The molecule has 3 rings (SSSR count). The van der Waals surface area contributed by atoms with Crippen LogP contribution in [-0.4, -0.2) is 8.42 Å². The van der Waals surface area contributed by atoms with Gasteiger partial charge in [0.05, 0.1) is 21.2 Å². The van der Waals surface area contributed by atoms with Crippen LogP contribution in [0.5, 0.6) is 0 Å². The van der Waals surface area contributed by atoms with Gasteiger partial charge < -0.3 is 11.5 Å². The topological polar surface area (TPSA) is 86.2 Å². The highest BCUT2D eigenvalue weighted by Gasteiger charge is 2.36. The van der Waals surface area contributed by atoms with Gasteiger partial charge in [-0.2, -0.15) is 0 Å². The molecule has 4 nitrogen and oxygen atoms in total. The molecule has 0 saturated heterocycles. The molecule has 0 atom stereocenters. The fourth-order valence-corrected chi connectivity index (χ4v) is 5.26. The van der Waals surface area contributed by atoms with Crippen molar-refractivity contribution in [2.75, 3.05) is 11.5 Å². The van der Waals surface area contributed by atoms with Crippen molar-refractivity contribution in [3.05, 3.63) is 35.4 Å². The minimum absolute atomic E-state index is 0.356. The van der Waals surface area contributed by atoms with Crippen LogP contribution in [0.25, 0.3) is 11.1 Å². The number of fused-ring (bicyclic) bond motifs is 3. The first-order valence-electron chi connectivity index (χ1n) is 8.01. The number of hydrogen-bond acceptors (Lipinski definition) is 4. The van der Waals surface area contributed by atoms with E-state index in [0.29, 0.717) is 38.7 Å². The first-order valence-corrected chi connectivity index (χ1v) is 9.49. The van der Waals surface area contributed by atoms with E-state index in [1.807, 2.05) is 19.1 Å². The van der Waals surface area contributed by atoms with Crippen LogP contribution >= 0.6 is 0 Å². The molecule has 0 unspecified atom stereocenters. The summed E-state index contributed by atoms with van der Waals surface area (Å²) in [5, 5.41) is 0. The van der Waals surface area contributed by atoms with Crippen LogP contribution in [0.4, 0.5) is 11.4 Å².